The van der Waals surface area contributed by atoms with Gasteiger partial charge in [-0.1, -0.05) is 41.6 Å². The highest BCUT2D eigenvalue weighted by Gasteiger charge is 2.27. The van der Waals surface area contributed by atoms with Crippen molar-refractivity contribution in [3.8, 4) is 0 Å². The number of para-hydroxylation sites is 1. The molecule has 0 saturated carbocycles. The normalized spacial score (nSPS) is 18.7. The van der Waals surface area contributed by atoms with Crippen LogP contribution < -0.4 is 10.6 Å². The highest BCUT2D eigenvalue weighted by molar-refractivity contribution is 8.05. The van der Waals surface area contributed by atoms with E-state index in [0.717, 1.165) is 16.8 Å². The molecule has 2 heterocycles. The Morgan fingerprint density at radius 1 is 1.32 bits per heavy atom. The maximum atomic E-state index is 12.2. The quantitative estimate of drug-likeness (QED) is 0.668. The van der Waals surface area contributed by atoms with Gasteiger partial charge in [-0.15, -0.1) is 0 Å². The number of aryl methyl sites for hydroxylation is 1. The minimum Gasteiger partial charge on any atom is -0.441 e. The van der Waals surface area contributed by atoms with Crippen LogP contribution in [0.5, 0.6) is 0 Å². The van der Waals surface area contributed by atoms with E-state index in [1.165, 1.54) is 11.8 Å². The summed E-state index contributed by atoms with van der Waals surface area (Å²) < 4.78 is 5.54. The van der Waals surface area contributed by atoms with E-state index in [0.29, 0.717) is 21.4 Å². The van der Waals surface area contributed by atoms with Crippen LogP contribution in [-0.4, -0.2) is 16.4 Å². The smallest absolute Gasteiger partial charge is 0.260 e. The summed E-state index contributed by atoms with van der Waals surface area (Å²) in [6.07, 6.45) is 1.84. The van der Waals surface area contributed by atoms with E-state index in [9.17, 15) is 4.79 Å². The van der Waals surface area contributed by atoms with E-state index < -0.39 is 0 Å². The van der Waals surface area contributed by atoms with Crippen molar-refractivity contribution in [3.63, 3.8) is 0 Å². The van der Waals surface area contributed by atoms with Crippen LogP contribution in [0.25, 0.3) is 17.2 Å². The molecule has 25 heavy (non-hydrogen) atoms. The van der Waals surface area contributed by atoms with Crippen LogP contribution in [0.3, 0.4) is 0 Å². The molecule has 1 aliphatic heterocycles. The molecule has 126 valence electrons. The van der Waals surface area contributed by atoms with Gasteiger partial charge in [0.25, 0.3) is 5.91 Å². The third-order valence-corrected chi connectivity index (χ3v) is 5.07. The number of fused-ring (bicyclic) bond motifs is 1. The van der Waals surface area contributed by atoms with E-state index in [1.807, 2.05) is 49.4 Å². The number of hydrogen-bond acceptors (Lipinski definition) is 5. The molecule has 0 bridgehead atoms. The number of aromatic nitrogens is 1. The lowest BCUT2D eigenvalue weighted by molar-refractivity contribution is -0.116. The molecule has 1 aliphatic rings. The Balaban J connectivity index is 1.54. The van der Waals surface area contributed by atoms with Gasteiger partial charge in [0.05, 0.1) is 15.6 Å². The summed E-state index contributed by atoms with van der Waals surface area (Å²) in [4.78, 5) is 17.1. The van der Waals surface area contributed by atoms with Crippen molar-refractivity contribution in [3.05, 3.63) is 63.8 Å². The Hall–Kier alpha value is -2.44. The maximum absolute atomic E-state index is 12.2. The molecule has 5 nitrogen and oxygen atoms in total. The lowest BCUT2D eigenvalue weighted by Gasteiger charge is -2.13. The first-order chi connectivity index (χ1) is 12.1. The van der Waals surface area contributed by atoms with Gasteiger partial charge in [-0.25, -0.2) is 4.98 Å². The van der Waals surface area contributed by atoms with Crippen LogP contribution in [0.1, 0.15) is 11.5 Å². The first kappa shape index (κ1) is 16.1. The molecule has 7 heteroatoms. The van der Waals surface area contributed by atoms with E-state index in [4.69, 9.17) is 16.0 Å². The number of hydrogen-bond donors (Lipinski definition) is 2. The second-order valence-corrected chi connectivity index (χ2v) is 7.12. The van der Waals surface area contributed by atoms with Crippen LogP contribution in [0.15, 0.2) is 51.8 Å². The minimum atomic E-state index is -0.269. The number of benzene rings is 2. The number of carbonyl (C=O) groups excluding carboxylic acids is 1. The minimum absolute atomic E-state index is 0.122. The van der Waals surface area contributed by atoms with Gasteiger partial charge < -0.3 is 15.1 Å². The summed E-state index contributed by atoms with van der Waals surface area (Å²) in [5.74, 6) is 0.500. The van der Waals surface area contributed by atoms with Crippen LogP contribution in [0, 0.1) is 6.92 Å². The van der Waals surface area contributed by atoms with Crippen molar-refractivity contribution >= 4 is 52.1 Å². The zero-order chi connectivity index (χ0) is 17.4. The molecule has 0 aliphatic carbocycles. The van der Waals surface area contributed by atoms with Gasteiger partial charge in [0, 0.05) is 6.92 Å². The molecule has 1 fully saturated rings. The molecule has 3 aromatic rings. The number of amides is 1. The summed E-state index contributed by atoms with van der Waals surface area (Å²) in [6, 6.07) is 13.1. The topological polar surface area (TPSA) is 67.2 Å². The lowest BCUT2D eigenvalue weighted by atomic mass is 10.2. The molecule has 1 atom stereocenters. The van der Waals surface area contributed by atoms with Crippen molar-refractivity contribution in [1.82, 2.24) is 10.3 Å². The first-order valence-corrected chi connectivity index (χ1v) is 8.92. The summed E-state index contributed by atoms with van der Waals surface area (Å²) >= 11 is 7.56. The second kappa shape index (κ2) is 6.46. The molecular weight excluding hydrogens is 358 g/mol. The lowest BCUT2D eigenvalue weighted by Crippen LogP contribution is -2.31. The number of thioether (sulfide) groups is 1. The SMILES string of the molecule is Cc1nc2ccc(C=C3SC(Nc4ccccc4Cl)NC3=O)cc2o1. The van der Waals surface area contributed by atoms with E-state index in [-0.39, 0.29) is 11.4 Å². The van der Waals surface area contributed by atoms with Crippen molar-refractivity contribution in [1.29, 1.82) is 0 Å². The Labute approximate surface area is 153 Å². The van der Waals surface area contributed by atoms with Crippen molar-refractivity contribution < 1.29 is 9.21 Å². The standard InChI is InChI=1S/C18H14ClN3O2S/c1-10-20-14-7-6-11(8-15(14)24-10)9-16-17(23)22-18(25-16)21-13-5-3-2-4-12(13)19/h2-9,18,21H,1H3,(H,22,23). The third kappa shape index (κ3) is 3.36. The number of carbonyl (C=O) groups is 1. The Morgan fingerprint density at radius 2 is 2.16 bits per heavy atom. The molecule has 1 saturated heterocycles. The van der Waals surface area contributed by atoms with Gasteiger partial charge in [0.2, 0.25) is 0 Å². The number of oxazole rings is 1. The average molecular weight is 372 g/mol. The third-order valence-electron chi connectivity index (χ3n) is 3.71. The Kier molecular flexibility index (Phi) is 4.15. The number of rotatable bonds is 3. The van der Waals surface area contributed by atoms with Gasteiger partial charge in [0.15, 0.2) is 17.0 Å². The Morgan fingerprint density at radius 3 is 3.00 bits per heavy atom. The van der Waals surface area contributed by atoms with Crippen LogP contribution in [0.2, 0.25) is 5.02 Å². The fourth-order valence-corrected chi connectivity index (χ4v) is 3.75. The van der Waals surface area contributed by atoms with Crippen LogP contribution in [-0.2, 0) is 4.79 Å². The van der Waals surface area contributed by atoms with Crippen molar-refractivity contribution in [2.75, 3.05) is 5.32 Å². The largest absolute Gasteiger partial charge is 0.441 e. The van der Waals surface area contributed by atoms with Gasteiger partial charge in [-0.05, 0) is 35.9 Å². The fourth-order valence-electron chi connectivity index (χ4n) is 2.58. The molecule has 4 rings (SSSR count). The van der Waals surface area contributed by atoms with Gasteiger partial charge >= 0.3 is 0 Å². The number of anilines is 1. The highest BCUT2D eigenvalue weighted by atomic mass is 35.5. The average Bonchev–Trinajstić information content (AvgIpc) is 3.11. The number of nitrogens with zero attached hydrogens (tertiary/aromatic N) is 1. The monoisotopic (exact) mass is 371 g/mol. The van der Waals surface area contributed by atoms with Crippen molar-refractivity contribution in [2.24, 2.45) is 0 Å². The zero-order valence-corrected chi connectivity index (χ0v) is 14.8. The van der Waals surface area contributed by atoms with Crippen LogP contribution >= 0.6 is 23.4 Å². The summed E-state index contributed by atoms with van der Waals surface area (Å²) in [7, 11) is 0. The highest BCUT2D eigenvalue weighted by Crippen LogP contribution is 2.32. The zero-order valence-electron chi connectivity index (χ0n) is 13.2. The molecule has 2 aromatic carbocycles. The number of nitrogens with one attached hydrogen (secondary N) is 2. The van der Waals surface area contributed by atoms with E-state index in [2.05, 4.69) is 15.6 Å². The molecule has 1 amide bonds. The predicted molar refractivity (Wildman–Crippen MR) is 101 cm³/mol. The van der Waals surface area contributed by atoms with Gasteiger partial charge in [-0.3, -0.25) is 4.79 Å². The Bertz CT molecular complexity index is 999. The molecule has 0 radical (unpaired) electrons. The molecule has 1 aromatic heterocycles. The first-order valence-electron chi connectivity index (χ1n) is 7.66. The maximum Gasteiger partial charge on any atom is 0.260 e. The van der Waals surface area contributed by atoms with Crippen LogP contribution in [0.4, 0.5) is 5.69 Å². The summed E-state index contributed by atoms with van der Waals surface area (Å²) in [6.45, 7) is 1.81. The molecule has 2 N–H and O–H groups in total. The molecular formula is C18H14ClN3O2S. The fraction of sp³-hybridized carbons (Fsp3) is 0.111. The second-order valence-electron chi connectivity index (χ2n) is 5.56. The van der Waals surface area contributed by atoms with E-state index >= 15 is 0 Å². The van der Waals surface area contributed by atoms with Gasteiger partial charge in [-0.2, -0.15) is 0 Å². The van der Waals surface area contributed by atoms with Crippen molar-refractivity contribution in [2.45, 2.75) is 12.4 Å². The number of halogens is 1. The summed E-state index contributed by atoms with van der Waals surface area (Å²) in [5, 5.41) is 6.72. The predicted octanol–water partition coefficient (Wildman–Crippen LogP) is 4.39. The molecule has 0 spiro atoms. The van der Waals surface area contributed by atoms with E-state index in [1.54, 1.807) is 6.07 Å². The summed E-state index contributed by atoms with van der Waals surface area (Å²) in [5.41, 5.74) is 2.92. The molecule has 1 unspecified atom stereocenters. The van der Waals surface area contributed by atoms with Gasteiger partial charge in [0.1, 0.15) is 5.52 Å².